The first-order chi connectivity index (χ1) is 4.54. The summed E-state index contributed by atoms with van der Waals surface area (Å²) in [4.78, 5) is 18.3. The molecule has 0 unspecified atom stereocenters. The Morgan fingerprint density at radius 2 is 1.09 bits per heavy atom. The molecule has 0 saturated carbocycles. The summed E-state index contributed by atoms with van der Waals surface area (Å²) in [6.07, 6.45) is -2.49. The van der Waals surface area contributed by atoms with Crippen LogP contribution in [0.15, 0.2) is 0 Å². The minimum atomic E-state index is -1.25. The molecule has 0 fully saturated rings. The van der Waals surface area contributed by atoms with E-state index in [1.165, 1.54) is 0 Å². The van der Waals surface area contributed by atoms with Crippen molar-refractivity contribution in [3.8, 4) is 0 Å². The molecule has 0 amide bonds. The van der Waals surface area contributed by atoms with Gasteiger partial charge in [0.05, 0.1) is 14.2 Å². The largest absolute Gasteiger partial charge is 0.505 e. The fourth-order valence-electron chi connectivity index (χ4n) is 0. The Morgan fingerprint density at radius 1 is 1.00 bits per heavy atom. The Bertz CT molecular complexity index is 95.0. The third-order valence-corrected chi connectivity index (χ3v) is 0.349. The average Bonchev–Trinajstić information content (AvgIpc) is 1.89. The average molecular weight is 170 g/mol. The van der Waals surface area contributed by atoms with Gasteiger partial charge < -0.3 is 25.2 Å². The molecule has 0 heterocycles. The highest BCUT2D eigenvalue weighted by Crippen LogP contribution is 1.61. The van der Waals surface area contributed by atoms with Crippen molar-refractivity contribution in [2.75, 3.05) is 14.2 Å². The monoisotopic (exact) mass is 170 g/mol. The lowest BCUT2D eigenvalue weighted by atomic mass is 11.4. The van der Waals surface area contributed by atoms with E-state index in [9.17, 15) is 0 Å². The van der Waals surface area contributed by atoms with Crippen LogP contribution in [0.5, 0.6) is 0 Å². The number of ether oxygens (including phenoxy) is 2. The van der Waals surface area contributed by atoms with Crippen molar-refractivity contribution in [2.24, 2.45) is 0 Å². The Morgan fingerprint density at radius 3 is 1.09 bits per heavy atom. The van der Waals surface area contributed by atoms with Crippen molar-refractivity contribution in [3.63, 3.8) is 0 Å². The van der Waals surface area contributed by atoms with E-state index in [1.54, 1.807) is 0 Å². The first kappa shape index (κ1) is 16.2. The lowest BCUT2D eigenvalue weighted by molar-refractivity contribution is 0.112. The summed E-state index contributed by atoms with van der Waals surface area (Å²) in [7, 11) is 2.20. The Labute approximate surface area is 62.5 Å². The number of carbonyl (C=O) groups is 2. The van der Waals surface area contributed by atoms with E-state index in [0.29, 0.717) is 0 Å². The zero-order valence-corrected chi connectivity index (χ0v) is 6.03. The third-order valence-electron chi connectivity index (χ3n) is 0.349. The summed E-state index contributed by atoms with van der Waals surface area (Å²) in [5, 5.41) is 15.0. The molecule has 0 bridgehead atoms. The number of carboxylic acid groups (broad SMARTS) is 2. The molecule has 0 aliphatic carbocycles. The lowest BCUT2D eigenvalue weighted by Crippen LogP contribution is -1.91. The second-order valence-corrected chi connectivity index (χ2v) is 0.940. The van der Waals surface area contributed by atoms with Gasteiger partial charge in [-0.1, -0.05) is 0 Å². The molecule has 4 N–H and O–H groups in total. The Kier molecular flexibility index (Phi) is 16.7. The van der Waals surface area contributed by atoms with Gasteiger partial charge in [0.2, 0.25) is 0 Å². The minimum Gasteiger partial charge on any atom is -0.450 e. The second kappa shape index (κ2) is 11.3. The predicted molar refractivity (Wildman–Crippen MR) is 33.7 cm³/mol. The zero-order valence-electron chi connectivity index (χ0n) is 6.03. The van der Waals surface area contributed by atoms with Gasteiger partial charge in [0, 0.05) is 0 Å². The highest BCUT2D eigenvalue weighted by atomic mass is 16.7. The van der Waals surface area contributed by atoms with Crippen LogP contribution in [0.3, 0.4) is 0 Å². The Balaban J connectivity index is -0.000000107. The lowest BCUT2D eigenvalue weighted by Gasteiger charge is -1.79. The van der Waals surface area contributed by atoms with Crippen molar-refractivity contribution >= 4 is 12.3 Å². The molecule has 0 aromatic rings. The van der Waals surface area contributed by atoms with Crippen LogP contribution in [-0.2, 0) is 9.47 Å². The van der Waals surface area contributed by atoms with Crippen molar-refractivity contribution < 1.29 is 34.8 Å². The highest BCUT2D eigenvalue weighted by Gasteiger charge is 1.81. The van der Waals surface area contributed by atoms with Crippen LogP contribution in [0.2, 0.25) is 0 Å². The van der Waals surface area contributed by atoms with Gasteiger partial charge in [-0.25, -0.2) is 9.59 Å². The number of rotatable bonds is 0. The van der Waals surface area contributed by atoms with Crippen molar-refractivity contribution in [3.05, 3.63) is 0 Å². The van der Waals surface area contributed by atoms with Crippen LogP contribution in [0.1, 0.15) is 0 Å². The molecule has 0 aliphatic heterocycles. The van der Waals surface area contributed by atoms with E-state index in [1.807, 2.05) is 0 Å². The van der Waals surface area contributed by atoms with Crippen LogP contribution in [0, 0.1) is 0 Å². The topological polar surface area (TPSA) is 125 Å². The van der Waals surface area contributed by atoms with Gasteiger partial charge in [-0.15, -0.1) is 0 Å². The minimum absolute atomic E-state index is 0. The van der Waals surface area contributed by atoms with Gasteiger partial charge in [-0.2, -0.15) is 0 Å². The molecule has 0 atom stereocenters. The first-order valence-electron chi connectivity index (χ1n) is 2.08. The number of hydrogen-bond acceptors (Lipinski definition) is 4. The predicted octanol–water partition coefficient (Wildman–Crippen LogP) is -0.203. The molecular formula is C4H10O7. The van der Waals surface area contributed by atoms with Crippen molar-refractivity contribution in [2.45, 2.75) is 0 Å². The Hall–Kier alpha value is -1.50. The van der Waals surface area contributed by atoms with Gasteiger partial charge >= 0.3 is 12.3 Å². The van der Waals surface area contributed by atoms with Crippen LogP contribution in [0.25, 0.3) is 0 Å². The molecule has 0 spiro atoms. The van der Waals surface area contributed by atoms with Crippen LogP contribution < -0.4 is 0 Å². The summed E-state index contributed by atoms with van der Waals surface area (Å²) in [5.74, 6) is 0. The maximum absolute atomic E-state index is 9.15. The molecule has 0 radical (unpaired) electrons. The van der Waals surface area contributed by atoms with E-state index in [0.717, 1.165) is 14.2 Å². The van der Waals surface area contributed by atoms with Gasteiger partial charge in [0.25, 0.3) is 0 Å². The van der Waals surface area contributed by atoms with Crippen LogP contribution >= 0.6 is 0 Å². The highest BCUT2D eigenvalue weighted by molar-refractivity contribution is 5.56. The fraction of sp³-hybridized carbons (Fsp3) is 0.500. The molecule has 7 nitrogen and oxygen atoms in total. The summed E-state index contributed by atoms with van der Waals surface area (Å²) in [6.45, 7) is 0. The van der Waals surface area contributed by atoms with Gasteiger partial charge in [0.1, 0.15) is 0 Å². The van der Waals surface area contributed by atoms with E-state index in [-0.39, 0.29) is 5.48 Å². The van der Waals surface area contributed by atoms with Gasteiger partial charge in [0.15, 0.2) is 0 Å². The van der Waals surface area contributed by atoms with Gasteiger partial charge in [-0.05, 0) is 0 Å². The zero-order chi connectivity index (χ0) is 8.57. The molecule has 7 heteroatoms. The standard InChI is InChI=1S/2C2H4O3.H2O/c2*1-5-2(3)4;/h2*1H3,(H,3,4);1H2. The molecule has 0 aliphatic rings. The molecular weight excluding hydrogens is 160 g/mol. The molecule has 0 saturated heterocycles. The summed E-state index contributed by atoms with van der Waals surface area (Å²) >= 11 is 0. The fourth-order valence-corrected chi connectivity index (χ4v) is 0. The van der Waals surface area contributed by atoms with Crippen LogP contribution in [0.4, 0.5) is 9.59 Å². The maximum atomic E-state index is 9.15. The summed E-state index contributed by atoms with van der Waals surface area (Å²) in [5.41, 5.74) is 0. The molecule has 0 rings (SSSR count). The summed E-state index contributed by atoms with van der Waals surface area (Å²) in [6, 6.07) is 0. The first-order valence-corrected chi connectivity index (χ1v) is 2.08. The molecule has 11 heavy (non-hydrogen) atoms. The van der Waals surface area contributed by atoms with Crippen molar-refractivity contribution in [1.82, 2.24) is 0 Å². The maximum Gasteiger partial charge on any atom is 0.505 e. The molecule has 0 aromatic heterocycles. The quantitative estimate of drug-likeness (QED) is 0.485. The van der Waals surface area contributed by atoms with E-state index in [2.05, 4.69) is 9.47 Å². The van der Waals surface area contributed by atoms with E-state index in [4.69, 9.17) is 19.8 Å². The van der Waals surface area contributed by atoms with Gasteiger partial charge in [-0.3, -0.25) is 0 Å². The smallest absolute Gasteiger partial charge is 0.450 e. The number of methoxy groups -OCH3 is 2. The van der Waals surface area contributed by atoms with E-state index < -0.39 is 12.3 Å². The number of hydrogen-bond donors (Lipinski definition) is 2. The normalized spacial score (nSPS) is 6.00. The molecule has 68 valence electrons. The SMILES string of the molecule is COC(=O)O.COC(=O)O.O. The van der Waals surface area contributed by atoms with Crippen LogP contribution in [-0.4, -0.2) is 42.2 Å². The van der Waals surface area contributed by atoms with Crippen molar-refractivity contribution in [1.29, 1.82) is 0 Å². The van der Waals surface area contributed by atoms with E-state index >= 15 is 0 Å². The third kappa shape index (κ3) is 57.5. The summed E-state index contributed by atoms with van der Waals surface area (Å²) < 4.78 is 7.33. The second-order valence-electron chi connectivity index (χ2n) is 0.940. The molecule has 0 aromatic carbocycles.